The van der Waals surface area contributed by atoms with Gasteiger partial charge in [0, 0.05) is 25.6 Å². The fraction of sp³-hybridized carbons (Fsp3) is 0.542. The molecule has 1 aromatic carbocycles. The Morgan fingerprint density at radius 3 is 2.58 bits per heavy atom. The molecule has 0 aliphatic carbocycles. The number of amides is 2. The summed E-state index contributed by atoms with van der Waals surface area (Å²) in [7, 11) is 0. The zero-order valence-electron chi connectivity index (χ0n) is 18.6. The fourth-order valence-corrected chi connectivity index (χ4v) is 4.23. The monoisotopic (exact) mass is 424 g/mol. The molecule has 0 bridgehead atoms. The number of piperidine rings is 1. The lowest BCUT2D eigenvalue weighted by molar-refractivity contribution is -0.126. The Morgan fingerprint density at radius 1 is 1.19 bits per heavy atom. The van der Waals surface area contributed by atoms with Crippen molar-refractivity contribution in [3.05, 3.63) is 53.1 Å². The first kappa shape index (κ1) is 21.6. The van der Waals surface area contributed by atoms with Crippen molar-refractivity contribution in [3.8, 4) is 0 Å². The molecule has 1 saturated heterocycles. The minimum absolute atomic E-state index is 0.0164. The Hall–Kier alpha value is -2.67. The van der Waals surface area contributed by atoms with Crippen molar-refractivity contribution in [3.63, 3.8) is 0 Å². The molecule has 2 amide bonds. The van der Waals surface area contributed by atoms with Gasteiger partial charge in [-0.3, -0.25) is 9.59 Å². The van der Waals surface area contributed by atoms with Crippen LogP contribution in [0.4, 0.5) is 0 Å². The van der Waals surface area contributed by atoms with Crippen molar-refractivity contribution >= 4 is 11.8 Å². The smallest absolute Gasteiger partial charge is 0.274 e. The highest BCUT2D eigenvalue weighted by Gasteiger charge is 2.32. The summed E-state index contributed by atoms with van der Waals surface area (Å²) >= 11 is 0. The largest absolute Gasteiger partial charge is 0.365 e. The van der Waals surface area contributed by atoms with Crippen LogP contribution in [0, 0.1) is 18.8 Å². The lowest BCUT2D eigenvalue weighted by Gasteiger charge is -2.31. The molecule has 1 atom stereocenters. The number of hydrogen-bond acceptors (Lipinski definition) is 4. The molecule has 0 spiro atoms. The molecule has 4 rings (SSSR count). The van der Waals surface area contributed by atoms with Crippen molar-refractivity contribution in [2.75, 3.05) is 19.6 Å². The Morgan fingerprint density at radius 2 is 1.90 bits per heavy atom. The highest BCUT2D eigenvalue weighted by Crippen LogP contribution is 2.29. The molecular weight excluding hydrogens is 392 g/mol. The fourth-order valence-electron chi connectivity index (χ4n) is 4.23. The number of aromatic nitrogens is 2. The third kappa shape index (κ3) is 4.82. The van der Waals surface area contributed by atoms with E-state index in [0.717, 1.165) is 11.3 Å². The van der Waals surface area contributed by atoms with E-state index in [2.05, 4.69) is 55.3 Å². The van der Waals surface area contributed by atoms with Gasteiger partial charge in [-0.2, -0.15) is 0 Å². The van der Waals surface area contributed by atoms with Gasteiger partial charge in [0.25, 0.3) is 5.91 Å². The van der Waals surface area contributed by atoms with Crippen molar-refractivity contribution < 1.29 is 14.3 Å². The van der Waals surface area contributed by atoms with Crippen LogP contribution in [0.3, 0.4) is 0 Å². The second-order valence-corrected chi connectivity index (χ2v) is 9.11. The molecule has 3 heterocycles. The van der Waals surface area contributed by atoms with Crippen molar-refractivity contribution in [2.45, 2.75) is 52.9 Å². The van der Waals surface area contributed by atoms with E-state index in [1.807, 2.05) is 9.47 Å². The number of fused-ring (bicyclic) bond motifs is 1. The van der Waals surface area contributed by atoms with E-state index in [9.17, 15) is 9.59 Å². The molecule has 0 radical (unpaired) electrons. The van der Waals surface area contributed by atoms with Gasteiger partial charge in [0.1, 0.15) is 6.10 Å². The summed E-state index contributed by atoms with van der Waals surface area (Å²) < 4.78 is 8.11. The van der Waals surface area contributed by atoms with E-state index < -0.39 is 0 Å². The van der Waals surface area contributed by atoms with E-state index in [-0.39, 0.29) is 23.8 Å². The maximum Gasteiger partial charge on any atom is 0.274 e. The first-order valence-electron chi connectivity index (χ1n) is 11.2. The molecule has 1 fully saturated rings. The van der Waals surface area contributed by atoms with Crippen LogP contribution in [0.1, 0.15) is 60.1 Å². The number of hydrogen-bond donors (Lipinski definition) is 1. The molecule has 7 nitrogen and oxygen atoms in total. The summed E-state index contributed by atoms with van der Waals surface area (Å²) in [5.74, 6) is 0.464. The molecule has 1 N–H and O–H groups in total. The summed E-state index contributed by atoms with van der Waals surface area (Å²) in [6, 6.07) is 8.36. The molecule has 166 valence electrons. The third-order valence-electron chi connectivity index (χ3n) is 6.22. The highest BCUT2D eigenvalue weighted by atomic mass is 16.5. The second kappa shape index (κ2) is 9.22. The van der Waals surface area contributed by atoms with E-state index in [0.29, 0.717) is 57.2 Å². The first-order valence-corrected chi connectivity index (χ1v) is 11.2. The zero-order valence-corrected chi connectivity index (χ0v) is 18.6. The van der Waals surface area contributed by atoms with Gasteiger partial charge in [0.15, 0.2) is 5.69 Å². The summed E-state index contributed by atoms with van der Waals surface area (Å²) in [6.45, 7) is 9.11. The van der Waals surface area contributed by atoms with Crippen LogP contribution in [-0.2, 0) is 22.7 Å². The summed E-state index contributed by atoms with van der Waals surface area (Å²) in [6.07, 6.45) is 3.10. The number of nitrogens with one attached hydrogen (secondary N) is 1. The zero-order chi connectivity index (χ0) is 22.0. The predicted molar refractivity (Wildman–Crippen MR) is 117 cm³/mol. The average molecular weight is 425 g/mol. The topological polar surface area (TPSA) is 76.5 Å². The SMILES string of the molecule is Cc1ccc([C@H]2Cn3cnc(C(=O)N4CCC(C(=O)NCC(C)C)CC4)c3CO2)cc1. The van der Waals surface area contributed by atoms with Gasteiger partial charge in [-0.15, -0.1) is 0 Å². The number of ether oxygens (including phenoxy) is 1. The van der Waals surface area contributed by atoms with Crippen LogP contribution in [0.2, 0.25) is 0 Å². The lowest BCUT2D eigenvalue weighted by Crippen LogP contribution is -2.44. The predicted octanol–water partition coefficient (Wildman–Crippen LogP) is 3.09. The van der Waals surface area contributed by atoms with E-state index in [1.165, 1.54) is 5.56 Å². The van der Waals surface area contributed by atoms with Crippen LogP contribution >= 0.6 is 0 Å². The summed E-state index contributed by atoms with van der Waals surface area (Å²) in [4.78, 5) is 31.7. The number of carbonyl (C=O) groups excluding carboxylic acids is 2. The summed E-state index contributed by atoms with van der Waals surface area (Å²) in [5.41, 5.74) is 3.67. The van der Waals surface area contributed by atoms with Gasteiger partial charge in [-0.05, 0) is 31.2 Å². The van der Waals surface area contributed by atoms with Crippen molar-refractivity contribution in [1.29, 1.82) is 0 Å². The minimum atomic E-state index is -0.0628. The van der Waals surface area contributed by atoms with Crippen LogP contribution in [0.15, 0.2) is 30.6 Å². The van der Waals surface area contributed by atoms with Gasteiger partial charge in [0.2, 0.25) is 5.91 Å². The molecule has 31 heavy (non-hydrogen) atoms. The minimum Gasteiger partial charge on any atom is -0.365 e. The van der Waals surface area contributed by atoms with E-state index in [4.69, 9.17) is 4.74 Å². The number of nitrogens with zero attached hydrogens (tertiary/aromatic N) is 3. The van der Waals surface area contributed by atoms with Gasteiger partial charge >= 0.3 is 0 Å². The molecule has 0 unspecified atom stereocenters. The number of imidazole rings is 1. The first-order chi connectivity index (χ1) is 14.9. The van der Waals surface area contributed by atoms with Crippen LogP contribution < -0.4 is 5.32 Å². The highest BCUT2D eigenvalue weighted by molar-refractivity contribution is 5.93. The van der Waals surface area contributed by atoms with Crippen molar-refractivity contribution in [1.82, 2.24) is 19.8 Å². The third-order valence-corrected chi connectivity index (χ3v) is 6.22. The van der Waals surface area contributed by atoms with E-state index >= 15 is 0 Å². The molecular formula is C24H32N4O3. The molecule has 2 aromatic rings. The Kier molecular flexibility index (Phi) is 6.41. The van der Waals surface area contributed by atoms with Gasteiger partial charge in [-0.1, -0.05) is 43.7 Å². The normalized spacial score (nSPS) is 19.4. The molecule has 2 aliphatic heterocycles. The summed E-state index contributed by atoms with van der Waals surface area (Å²) in [5, 5.41) is 3.01. The van der Waals surface area contributed by atoms with Crippen LogP contribution in [0.25, 0.3) is 0 Å². The standard InChI is InChI=1S/C24H32N4O3/c1-16(2)12-25-23(29)19-8-10-27(11-9-19)24(30)22-20-14-31-21(13-28(20)15-26-22)18-6-4-17(3)5-7-18/h4-7,15-16,19,21H,8-14H2,1-3H3,(H,25,29)/t21-/m1/s1. The number of likely N-dealkylation sites (tertiary alicyclic amines) is 1. The lowest BCUT2D eigenvalue weighted by atomic mass is 9.95. The number of aryl methyl sites for hydroxylation is 1. The molecule has 7 heteroatoms. The number of carbonyl (C=O) groups is 2. The Balaban J connectivity index is 1.36. The second-order valence-electron chi connectivity index (χ2n) is 9.11. The van der Waals surface area contributed by atoms with Gasteiger partial charge in [0.05, 0.1) is 25.2 Å². The average Bonchev–Trinajstić information content (AvgIpc) is 3.21. The molecule has 0 saturated carbocycles. The maximum atomic E-state index is 13.1. The van der Waals surface area contributed by atoms with E-state index in [1.54, 1.807) is 6.33 Å². The van der Waals surface area contributed by atoms with Gasteiger partial charge < -0.3 is 19.5 Å². The number of benzene rings is 1. The van der Waals surface area contributed by atoms with Crippen LogP contribution in [0.5, 0.6) is 0 Å². The Bertz CT molecular complexity index is 927. The Labute approximate surface area is 183 Å². The van der Waals surface area contributed by atoms with Crippen LogP contribution in [-0.4, -0.2) is 45.9 Å². The molecule has 2 aliphatic rings. The van der Waals surface area contributed by atoms with Crippen molar-refractivity contribution in [2.24, 2.45) is 11.8 Å². The van der Waals surface area contributed by atoms with Gasteiger partial charge in [-0.25, -0.2) is 4.98 Å². The number of rotatable bonds is 5. The maximum absolute atomic E-state index is 13.1. The quantitative estimate of drug-likeness (QED) is 0.800. The molecule has 1 aromatic heterocycles.